The minimum atomic E-state index is -3.75. The molecule has 0 bridgehead atoms. The van der Waals surface area contributed by atoms with Crippen molar-refractivity contribution in [2.24, 2.45) is 0 Å². The fourth-order valence-corrected chi connectivity index (χ4v) is 2.93. The van der Waals surface area contributed by atoms with Crippen molar-refractivity contribution in [3.63, 3.8) is 0 Å². The van der Waals surface area contributed by atoms with E-state index in [4.69, 9.17) is 22.1 Å². The van der Waals surface area contributed by atoms with Gasteiger partial charge in [-0.3, -0.25) is 4.72 Å². The normalized spacial score (nSPS) is 11.1. The predicted molar refractivity (Wildman–Crippen MR) is 79.7 cm³/mol. The highest BCUT2D eigenvalue weighted by atomic mass is 35.5. The number of anilines is 2. The number of methoxy groups -OCH3 is 1. The predicted octanol–water partition coefficient (Wildman–Crippen LogP) is 2.73. The highest BCUT2D eigenvalue weighted by Gasteiger charge is 2.17. The lowest BCUT2D eigenvalue weighted by atomic mass is 10.3. The van der Waals surface area contributed by atoms with E-state index in [9.17, 15) is 8.42 Å². The Hall–Kier alpha value is -1.92. The second-order valence-electron chi connectivity index (χ2n) is 4.02. The summed E-state index contributed by atoms with van der Waals surface area (Å²) in [5.41, 5.74) is 6.22. The van der Waals surface area contributed by atoms with Gasteiger partial charge in [-0.15, -0.1) is 0 Å². The standard InChI is InChI=1S/C13H13ClN2O3S/c1-19-13-6-5-9(14)7-12(13)16-20(17,18)11-4-2-3-10(15)8-11/h2-8,16H,15H2,1H3. The summed E-state index contributed by atoms with van der Waals surface area (Å²) in [7, 11) is -2.31. The molecular formula is C13H13ClN2O3S. The van der Waals surface area contributed by atoms with Crippen molar-refractivity contribution in [2.45, 2.75) is 4.90 Å². The zero-order chi connectivity index (χ0) is 14.8. The fraction of sp³-hybridized carbons (Fsp3) is 0.0769. The molecule has 106 valence electrons. The molecule has 3 N–H and O–H groups in total. The summed E-state index contributed by atoms with van der Waals surface area (Å²) in [4.78, 5) is 0.0690. The smallest absolute Gasteiger partial charge is 0.262 e. The molecule has 0 aliphatic carbocycles. The van der Waals surface area contributed by atoms with E-state index in [1.165, 1.54) is 25.3 Å². The van der Waals surface area contributed by atoms with Crippen LogP contribution in [0.3, 0.4) is 0 Å². The molecule has 0 unspecified atom stereocenters. The van der Waals surface area contributed by atoms with Crippen LogP contribution in [0.4, 0.5) is 11.4 Å². The van der Waals surface area contributed by atoms with Crippen LogP contribution < -0.4 is 15.2 Å². The van der Waals surface area contributed by atoms with Gasteiger partial charge in [0.1, 0.15) is 5.75 Å². The molecule has 0 radical (unpaired) electrons. The summed E-state index contributed by atoms with van der Waals surface area (Å²) >= 11 is 5.86. The van der Waals surface area contributed by atoms with Gasteiger partial charge in [0.05, 0.1) is 17.7 Å². The monoisotopic (exact) mass is 312 g/mol. The van der Waals surface area contributed by atoms with E-state index in [2.05, 4.69) is 4.72 Å². The van der Waals surface area contributed by atoms with Crippen molar-refractivity contribution >= 4 is 33.0 Å². The molecule has 0 heterocycles. The van der Waals surface area contributed by atoms with Gasteiger partial charge in [0, 0.05) is 10.7 Å². The first-order valence-corrected chi connectivity index (χ1v) is 7.50. The molecule has 2 aromatic rings. The van der Waals surface area contributed by atoms with Gasteiger partial charge in [-0.2, -0.15) is 0 Å². The summed E-state index contributed by atoms with van der Waals surface area (Å²) in [5, 5.41) is 0.399. The summed E-state index contributed by atoms with van der Waals surface area (Å²) in [6.45, 7) is 0. The Kier molecular flexibility index (Phi) is 4.06. The Morgan fingerprint density at radius 1 is 1.20 bits per heavy atom. The zero-order valence-corrected chi connectivity index (χ0v) is 12.2. The number of rotatable bonds is 4. The third-order valence-electron chi connectivity index (χ3n) is 2.57. The summed E-state index contributed by atoms with van der Waals surface area (Å²) in [6.07, 6.45) is 0. The third-order valence-corrected chi connectivity index (χ3v) is 4.17. The molecular weight excluding hydrogens is 300 g/mol. The lowest BCUT2D eigenvalue weighted by Crippen LogP contribution is -2.13. The maximum absolute atomic E-state index is 12.3. The van der Waals surface area contributed by atoms with Crippen LogP contribution in [0.15, 0.2) is 47.4 Å². The van der Waals surface area contributed by atoms with Crippen LogP contribution in [-0.4, -0.2) is 15.5 Å². The minimum absolute atomic E-state index is 0.0690. The lowest BCUT2D eigenvalue weighted by molar-refractivity contribution is 0.417. The summed E-state index contributed by atoms with van der Waals surface area (Å²) in [6, 6.07) is 10.7. The Morgan fingerprint density at radius 3 is 2.60 bits per heavy atom. The number of nitrogens with two attached hydrogens (primary N) is 1. The van der Waals surface area contributed by atoms with Gasteiger partial charge in [-0.25, -0.2) is 8.42 Å². The molecule has 5 nitrogen and oxygen atoms in total. The number of nitrogens with one attached hydrogen (secondary N) is 1. The van der Waals surface area contributed by atoms with Crippen LogP contribution in [-0.2, 0) is 10.0 Å². The van der Waals surface area contributed by atoms with E-state index in [0.29, 0.717) is 16.5 Å². The molecule has 7 heteroatoms. The van der Waals surface area contributed by atoms with Crippen molar-refractivity contribution in [3.05, 3.63) is 47.5 Å². The quantitative estimate of drug-likeness (QED) is 0.851. The molecule has 2 rings (SSSR count). The first kappa shape index (κ1) is 14.5. The van der Waals surface area contributed by atoms with Crippen LogP contribution >= 0.6 is 11.6 Å². The Balaban J connectivity index is 2.40. The molecule has 0 aromatic heterocycles. The summed E-state index contributed by atoms with van der Waals surface area (Å²) < 4.78 is 32.1. The number of hydrogen-bond acceptors (Lipinski definition) is 4. The van der Waals surface area contributed by atoms with Crippen LogP contribution in [0.1, 0.15) is 0 Å². The third kappa shape index (κ3) is 3.15. The molecule has 0 saturated heterocycles. The molecule has 0 saturated carbocycles. The Labute approximate surface area is 122 Å². The second-order valence-corrected chi connectivity index (χ2v) is 6.14. The number of benzene rings is 2. The van der Waals surface area contributed by atoms with Gasteiger partial charge >= 0.3 is 0 Å². The molecule has 0 aliphatic rings. The van der Waals surface area contributed by atoms with E-state index in [0.717, 1.165) is 0 Å². The van der Waals surface area contributed by atoms with Crippen molar-refractivity contribution in [1.29, 1.82) is 0 Å². The van der Waals surface area contributed by atoms with E-state index in [1.807, 2.05) is 0 Å². The summed E-state index contributed by atoms with van der Waals surface area (Å²) in [5.74, 6) is 0.377. The van der Waals surface area contributed by atoms with Gasteiger partial charge in [0.2, 0.25) is 0 Å². The molecule has 2 aromatic carbocycles. The van der Waals surface area contributed by atoms with Gasteiger partial charge in [0.15, 0.2) is 0 Å². The molecule has 0 aliphatic heterocycles. The highest BCUT2D eigenvalue weighted by Crippen LogP contribution is 2.29. The topological polar surface area (TPSA) is 81.4 Å². The second kappa shape index (κ2) is 5.60. The van der Waals surface area contributed by atoms with Gasteiger partial charge in [0.25, 0.3) is 10.0 Å². The van der Waals surface area contributed by atoms with Gasteiger partial charge < -0.3 is 10.5 Å². The van der Waals surface area contributed by atoms with Crippen molar-refractivity contribution < 1.29 is 13.2 Å². The molecule has 0 spiro atoms. The maximum Gasteiger partial charge on any atom is 0.262 e. The highest BCUT2D eigenvalue weighted by molar-refractivity contribution is 7.92. The number of hydrogen-bond donors (Lipinski definition) is 2. The molecule has 20 heavy (non-hydrogen) atoms. The fourth-order valence-electron chi connectivity index (χ4n) is 1.65. The van der Waals surface area contributed by atoms with Gasteiger partial charge in [-0.05, 0) is 36.4 Å². The number of ether oxygens (including phenoxy) is 1. The number of nitrogen functional groups attached to an aromatic ring is 1. The molecule has 0 amide bonds. The van der Waals surface area contributed by atoms with E-state index >= 15 is 0 Å². The maximum atomic E-state index is 12.3. The van der Waals surface area contributed by atoms with Crippen LogP contribution in [0.25, 0.3) is 0 Å². The van der Waals surface area contributed by atoms with Crippen LogP contribution in [0, 0.1) is 0 Å². The largest absolute Gasteiger partial charge is 0.495 e. The minimum Gasteiger partial charge on any atom is -0.495 e. The van der Waals surface area contributed by atoms with Gasteiger partial charge in [-0.1, -0.05) is 17.7 Å². The van der Waals surface area contributed by atoms with E-state index < -0.39 is 10.0 Å². The molecule has 0 atom stereocenters. The lowest BCUT2D eigenvalue weighted by Gasteiger charge is -2.12. The van der Waals surface area contributed by atoms with E-state index in [-0.39, 0.29) is 10.6 Å². The number of sulfonamides is 1. The van der Waals surface area contributed by atoms with Crippen LogP contribution in [0.2, 0.25) is 5.02 Å². The molecule has 0 fully saturated rings. The van der Waals surface area contributed by atoms with Crippen LogP contribution in [0.5, 0.6) is 5.75 Å². The van der Waals surface area contributed by atoms with Crippen molar-refractivity contribution in [1.82, 2.24) is 0 Å². The SMILES string of the molecule is COc1ccc(Cl)cc1NS(=O)(=O)c1cccc(N)c1. The first-order chi connectivity index (χ1) is 9.42. The number of halogens is 1. The Bertz CT molecular complexity index is 732. The average molecular weight is 313 g/mol. The first-order valence-electron chi connectivity index (χ1n) is 5.64. The van der Waals surface area contributed by atoms with Crippen molar-refractivity contribution in [3.8, 4) is 5.75 Å². The Morgan fingerprint density at radius 2 is 1.95 bits per heavy atom. The van der Waals surface area contributed by atoms with E-state index in [1.54, 1.807) is 24.3 Å². The average Bonchev–Trinajstić information content (AvgIpc) is 2.38. The van der Waals surface area contributed by atoms with Crippen molar-refractivity contribution in [2.75, 3.05) is 17.6 Å². The zero-order valence-electron chi connectivity index (χ0n) is 10.6.